The van der Waals surface area contributed by atoms with Crippen LogP contribution in [0, 0.1) is 5.41 Å². The third kappa shape index (κ3) is 10.0. The van der Waals surface area contributed by atoms with E-state index in [1.165, 1.54) is 0 Å². The maximum atomic E-state index is 11.3. The zero-order chi connectivity index (χ0) is 14.0. The Labute approximate surface area is 108 Å². The van der Waals surface area contributed by atoms with E-state index in [2.05, 4.69) is 5.32 Å². The number of aliphatic carboxylic acids is 1. The topological polar surface area (TPSA) is 102 Å². The predicted molar refractivity (Wildman–Crippen MR) is 68.2 cm³/mol. The second kappa shape index (κ2) is 8.88. The molecule has 0 fully saturated rings. The van der Waals surface area contributed by atoms with Crippen molar-refractivity contribution in [1.82, 2.24) is 5.32 Å². The third-order valence-electron chi connectivity index (χ3n) is 2.63. The molecule has 0 aromatic carbocycles. The molecule has 0 aromatic rings. The van der Waals surface area contributed by atoms with Crippen molar-refractivity contribution < 1.29 is 19.4 Å². The molecular weight excluding hydrogens is 236 g/mol. The molecule has 0 aromatic heterocycles. The first-order chi connectivity index (χ1) is 8.37. The van der Waals surface area contributed by atoms with Gasteiger partial charge in [-0.3, -0.25) is 9.59 Å². The summed E-state index contributed by atoms with van der Waals surface area (Å²) in [5.74, 6) is -0.959. The molecule has 6 heteroatoms. The lowest BCUT2D eigenvalue weighted by Crippen LogP contribution is -2.31. The number of rotatable bonds is 10. The van der Waals surface area contributed by atoms with Gasteiger partial charge in [0.1, 0.15) is 6.61 Å². The molecule has 0 atom stereocenters. The molecule has 0 rings (SSSR count). The van der Waals surface area contributed by atoms with E-state index in [1.807, 2.05) is 13.8 Å². The number of carbonyl (C=O) groups excluding carboxylic acids is 1. The van der Waals surface area contributed by atoms with Crippen molar-refractivity contribution in [3.63, 3.8) is 0 Å². The number of carbonyl (C=O) groups is 2. The summed E-state index contributed by atoms with van der Waals surface area (Å²) in [7, 11) is 0. The van der Waals surface area contributed by atoms with Gasteiger partial charge in [0.2, 0.25) is 5.91 Å². The molecule has 0 spiro atoms. The van der Waals surface area contributed by atoms with E-state index < -0.39 is 5.97 Å². The summed E-state index contributed by atoms with van der Waals surface area (Å²) in [6.45, 7) is 5.30. The van der Waals surface area contributed by atoms with Crippen molar-refractivity contribution in [2.45, 2.75) is 33.1 Å². The van der Waals surface area contributed by atoms with E-state index >= 15 is 0 Å². The van der Waals surface area contributed by atoms with Gasteiger partial charge < -0.3 is 20.9 Å². The highest BCUT2D eigenvalue weighted by Gasteiger charge is 2.19. The second-order valence-corrected chi connectivity index (χ2v) is 5.00. The van der Waals surface area contributed by atoms with Gasteiger partial charge in [-0.1, -0.05) is 13.8 Å². The van der Waals surface area contributed by atoms with Gasteiger partial charge in [-0.15, -0.1) is 0 Å². The van der Waals surface area contributed by atoms with Crippen LogP contribution in [0.4, 0.5) is 0 Å². The number of carboxylic acid groups (broad SMARTS) is 1. The Kier molecular flexibility index (Phi) is 8.32. The molecule has 0 unspecified atom stereocenters. The molecule has 0 bridgehead atoms. The van der Waals surface area contributed by atoms with Crippen LogP contribution in [-0.2, 0) is 14.3 Å². The number of amides is 1. The van der Waals surface area contributed by atoms with Gasteiger partial charge in [0.25, 0.3) is 0 Å². The van der Waals surface area contributed by atoms with E-state index in [-0.39, 0.29) is 24.3 Å². The number of ether oxygens (including phenoxy) is 1. The second-order valence-electron chi connectivity index (χ2n) is 5.00. The number of hydrogen-bond acceptors (Lipinski definition) is 4. The van der Waals surface area contributed by atoms with Gasteiger partial charge in [-0.05, 0) is 18.3 Å². The normalized spacial score (nSPS) is 11.3. The average Bonchev–Trinajstić information content (AvgIpc) is 2.27. The fourth-order valence-electron chi connectivity index (χ4n) is 1.41. The molecule has 4 N–H and O–H groups in total. The fraction of sp³-hybridized carbons (Fsp3) is 0.833. The SMILES string of the molecule is CC(C)(CCNC(=O)COCCN)CCC(=O)O. The van der Waals surface area contributed by atoms with Crippen molar-refractivity contribution >= 4 is 11.9 Å². The Balaban J connectivity index is 3.68. The van der Waals surface area contributed by atoms with Crippen LogP contribution in [-0.4, -0.2) is 43.3 Å². The first-order valence-corrected chi connectivity index (χ1v) is 6.14. The Morgan fingerprint density at radius 3 is 2.56 bits per heavy atom. The van der Waals surface area contributed by atoms with E-state index in [4.69, 9.17) is 15.6 Å². The fourth-order valence-corrected chi connectivity index (χ4v) is 1.41. The Morgan fingerprint density at radius 1 is 1.33 bits per heavy atom. The van der Waals surface area contributed by atoms with E-state index in [0.29, 0.717) is 26.1 Å². The van der Waals surface area contributed by atoms with E-state index in [9.17, 15) is 9.59 Å². The minimum absolute atomic E-state index is 0.0206. The maximum absolute atomic E-state index is 11.3. The van der Waals surface area contributed by atoms with Crippen LogP contribution < -0.4 is 11.1 Å². The van der Waals surface area contributed by atoms with Crippen LogP contribution in [0.2, 0.25) is 0 Å². The number of nitrogens with one attached hydrogen (secondary N) is 1. The van der Waals surface area contributed by atoms with E-state index in [0.717, 1.165) is 6.42 Å². The molecule has 6 nitrogen and oxygen atoms in total. The lowest BCUT2D eigenvalue weighted by Gasteiger charge is -2.23. The summed E-state index contributed by atoms with van der Waals surface area (Å²) in [5, 5.41) is 11.3. The zero-order valence-corrected chi connectivity index (χ0v) is 11.2. The Hall–Kier alpha value is -1.14. The lowest BCUT2D eigenvalue weighted by atomic mass is 9.84. The predicted octanol–water partition coefficient (Wildman–Crippen LogP) is 0.359. The highest BCUT2D eigenvalue weighted by Crippen LogP contribution is 2.25. The van der Waals surface area contributed by atoms with Crippen LogP contribution in [0.1, 0.15) is 33.1 Å². The van der Waals surface area contributed by atoms with Crippen molar-refractivity contribution in [3.05, 3.63) is 0 Å². The smallest absolute Gasteiger partial charge is 0.303 e. The Morgan fingerprint density at radius 2 is 2.00 bits per heavy atom. The van der Waals surface area contributed by atoms with E-state index in [1.54, 1.807) is 0 Å². The molecule has 0 aliphatic rings. The number of carboxylic acids is 1. The van der Waals surface area contributed by atoms with Crippen LogP contribution in [0.15, 0.2) is 0 Å². The van der Waals surface area contributed by atoms with Gasteiger partial charge in [-0.25, -0.2) is 0 Å². The van der Waals surface area contributed by atoms with Crippen LogP contribution in [0.5, 0.6) is 0 Å². The standard InChI is InChI=1S/C12H24N2O4/c1-12(2,4-3-11(16)17)5-7-14-10(15)9-18-8-6-13/h3-9,13H2,1-2H3,(H,14,15)(H,16,17). The minimum atomic E-state index is -0.790. The van der Waals surface area contributed by atoms with Gasteiger partial charge in [0.15, 0.2) is 0 Å². The molecule has 0 heterocycles. The summed E-state index contributed by atoms with van der Waals surface area (Å²) in [5.41, 5.74) is 5.13. The maximum Gasteiger partial charge on any atom is 0.303 e. The minimum Gasteiger partial charge on any atom is -0.481 e. The first-order valence-electron chi connectivity index (χ1n) is 6.14. The Bertz CT molecular complexity index is 267. The average molecular weight is 260 g/mol. The summed E-state index contributed by atoms with van der Waals surface area (Å²) in [6, 6.07) is 0. The van der Waals surface area contributed by atoms with Gasteiger partial charge >= 0.3 is 5.97 Å². The molecule has 106 valence electrons. The zero-order valence-electron chi connectivity index (χ0n) is 11.2. The van der Waals surface area contributed by atoms with Crippen LogP contribution in [0.25, 0.3) is 0 Å². The van der Waals surface area contributed by atoms with Gasteiger partial charge in [0, 0.05) is 19.5 Å². The van der Waals surface area contributed by atoms with Gasteiger partial charge in [-0.2, -0.15) is 0 Å². The summed E-state index contributed by atoms with van der Waals surface area (Å²) >= 11 is 0. The largest absolute Gasteiger partial charge is 0.481 e. The summed E-state index contributed by atoms with van der Waals surface area (Å²) in [6.07, 6.45) is 1.49. The van der Waals surface area contributed by atoms with Gasteiger partial charge in [0.05, 0.1) is 6.61 Å². The molecule has 1 amide bonds. The molecule has 18 heavy (non-hydrogen) atoms. The molecule has 0 saturated carbocycles. The van der Waals surface area contributed by atoms with Crippen molar-refractivity contribution in [3.8, 4) is 0 Å². The molecule has 0 saturated heterocycles. The molecule has 0 aliphatic carbocycles. The van der Waals surface area contributed by atoms with Crippen molar-refractivity contribution in [1.29, 1.82) is 0 Å². The number of nitrogens with two attached hydrogens (primary N) is 1. The summed E-state index contributed by atoms with van der Waals surface area (Å²) < 4.78 is 4.99. The third-order valence-corrected chi connectivity index (χ3v) is 2.63. The highest BCUT2D eigenvalue weighted by molar-refractivity contribution is 5.77. The van der Waals surface area contributed by atoms with Crippen LogP contribution in [0.3, 0.4) is 0 Å². The quantitative estimate of drug-likeness (QED) is 0.492. The lowest BCUT2D eigenvalue weighted by molar-refractivity contribution is -0.137. The molecule has 0 aliphatic heterocycles. The number of hydrogen-bond donors (Lipinski definition) is 3. The van der Waals surface area contributed by atoms with Crippen molar-refractivity contribution in [2.24, 2.45) is 11.1 Å². The summed E-state index contributed by atoms with van der Waals surface area (Å²) in [4.78, 5) is 21.8. The highest BCUT2D eigenvalue weighted by atomic mass is 16.5. The molecular formula is C12H24N2O4. The van der Waals surface area contributed by atoms with Crippen LogP contribution >= 0.6 is 0 Å². The monoisotopic (exact) mass is 260 g/mol. The molecule has 0 radical (unpaired) electrons. The first kappa shape index (κ1) is 16.9. The van der Waals surface area contributed by atoms with Crippen molar-refractivity contribution in [2.75, 3.05) is 26.3 Å².